The van der Waals surface area contributed by atoms with E-state index in [2.05, 4.69) is 35.1 Å². The zero-order chi connectivity index (χ0) is 32.9. The van der Waals surface area contributed by atoms with Crippen LogP contribution in [0.1, 0.15) is 98.8 Å². The summed E-state index contributed by atoms with van der Waals surface area (Å²) in [5.74, 6) is -2.25. The van der Waals surface area contributed by atoms with Gasteiger partial charge in [-0.25, -0.2) is 4.79 Å². The number of nitrogens with two attached hydrogens (primary N) is 1. The van der Waals surface area contributed by atoms with Crippen molar-refractivity contribution in [1.29, 1.82) is 0 Å². The third-order valence-electron chi connectivity index (χ3n) is 11.0. The molecule has 6 N–H and O–H groups in total. The van der Waals surface area contributed by atoms with E-state index in [1.54, 1.807) is 0 Å². The Labute approximate surface area is 266 Å². The van der Waals surface area contributed by atoms with Gasteiger partial charge >= 0.3 is 6.03 Å². The number of Topliss-reactive ketones (excluding diaryl/α,β-unsaturated/α-hetero) is 1. The molecule has 12 heteroatoms. The van der Waals surface area contributed by atoms with Crippen LogP contribution in [0.3, 0.4) is 0 Å². The van der Waals surface area contributed by atoms with Crippen LogP contribution in [0.5, 0.6) is 0 Å². The highest BCUT2D eigenvalue weighted by Gasteiger charge is 2.70. The van der Waals surface area contributed by atoms with Crippen LogP contribution in [0.4, 0.5) is 4.79 Å². The number of rotatable bonds is 12. The molecule has 1 heterocycles. The van der Waals surface area contributed by atoms with Gasteiger partial charge < -0.3 is 31.9 Å². The van der Waals surface area contributed by atoms with Crippen molar-refractivity contribution >= 4 is 35.4 Å². The molecular weight excluding hydrogens is 576 g/mol. The largest absolute Gasteiger partial charge is 0.363 e. The highest BCUT2D eigenvalue weighted by molar-refractivity contribution is 6.37. The van der Waals surface area contributed by atoms with Crippen molar-refractivity contribution in [3.05, 3.63) is 0 Å². The monoisotopic (exact) mass is 628 g/mol. The highest BCUT2D eigenvalue weighted by Crippen LogP contribution is 2.65. The first-order valence-corrected chi connectivity index (χ1v) is 16.9. The maximum Gasteiger partial charge on any atom is 0.316 e. The predicted molar refractivity (Wildman–Crippen MR) is 166 cm³/mol. The summed E-state index contributed by atoms with van der Waals surface area (Å²) in [5, 5.41) is 11.7. The fourth-order valence-electron chi connectivity index (χ4n) is 7.65. The molecule has 1 aliphatic heterocycles. The molecule has 5 aliphatic rings. The van der Waals surface area contributed by atoms with Gasteiger partial charge in [0.25, 0.3) is 5.91 Å². The lowest BCUT2D eigenvalue weighted by Crippen LogP contribution is -2.65. The van der Waals surface area contributed by atoms with Gasteiger partial charge in [-0.2, -0.15) is 0 Å². The van der Waals surface area contributed by atoms with Crippen LogP contribution in [-0.2, 0) is 24.0 Å². The van der Waals surface area contributed by atoms with E-state index in [1.807, 2.05) is 20.8 Å². The normalized spacial score (nSPS) is 27.8. The Morgan fingerprint density at radius 3 is 2.09 bits per heavy atom. The maximum absolute atomic E-state index is 14.3. The number of carbonyl (C=O) groups is 6. The maximum atomic E-state index is 14.3. The molecule has 6 amide bonds. The lowest BCUT2D eigenvalue weighted by atomic mass is 9.80. The van der Waals surface area contributed by atoms with E-state index in [0.717, 1.165) is 44.9 Å². The van der Waals surface area contributed by atoms with Crippen molar-refractivity contribution < 1.29 is 28.8 Å². The molecule has 4 saturated carbocycles. The molecule has 4 aliphatic carbocycles. The van der Waals surface area contributed by atoms with Crippen LogP contribution >= 0.6 is 0 Å². The van der Waals surface area contributed by atoms with E-state index in [9.17, 15) is 28.8 Å². The minimum Gasteiger partial charge on any atom is -0.363 e. The van der Waals surface area contributed by atoms with E-state index in [0.29, 0.717) is 38.3 Å². The van der Waals surface area contributed by atoms with Gasteiger partial charge in [0.05, 0.1) is 6.04 Å². The molecule has 5 rings (SSSR count). The van der Waals surface area contributed by atoms with Crippen LogP contribution in [-0.4, -0.2) is 77.1 Å². The van der Waals surface area contributed by atoms with Crippen molar-refractivity contribution in [2.75, 3.05) is 13.1 Å². The summed E-state index contributed by atoms with van der Waals surface area (Å²) >= 11 is 0. The summed E-state index contributed by atoms with van der Waals surface area (Å²) in [7, 11) is 0. The second kappa shape index (κ2) is 12.2. The predicted octanol–water partition coefficient (Wildman–Crippen LogP) is 1.75. The summed E-state index contributed by atoms with van der Waals surface area (Å²) in [6, 6.07) is -3.46. The van der Waals surface area contributed by atoms with Gasteiger partial charge in [0, 0.05) is 13.1 Å². The number of urea groups is 1. The smallest absolute Gasteiger partial charge is 0.316 e. The molecule has 12 nitrogen and oxygen atoms in total. The molecule has 0 aromatic rings. The van der Waals surface area contributed by atoms with Crippen LogP contribution in [0.2, 0.25) is 0 Å². The number of nitrogens with one attached hydrogen (secondary N) is 4. The second-order valence-corrected chi connectivity index (χ2v) is 16.1. The molecule has 1 unspecified atom stereocenters. The van der Waals surface area contributed by atoms with Crippen LogP contribution < -0.4 is 27.0 Å². The molecule has 1 saturated heterocycles. The zero-order valence-corrected chi connectivity index (χ0v) is 27.5. The molecule has 0 aromatic carbocycles. The second-order valence-electron chi connectivity index (χ2n) is 16.1. The number of primary amides is 1. The average Bonchev–Trinajstić information content (AvgIpc) is 3.92. The minimum absolute atomic E-state index is 0.0843. The number of hydrogen-bond donors (Lipinski definition) is 5. The fraction of sp³-hybridized carbons (Fsp3) is 0.818. The summed E-state index contributed by atoms with van der Waals surface area (Å²) < 4.78 is 0. The summed E-state index contributed by atoms with van der Waals surface area (Å²) in [6.07, 6.45) is 8.10. The van der Waals surface area contributed by atoms with Crippen LogP contribution in [0.15, 0.2) is 0 Å². The fourth-order valence-corrected chi connectivity index (χ4v) is 7.65. The number of hydrogen-bond acceptors (Lipinski definition) is 6. The number of fused-ring (bicyclic) bond motifs is 1. The highest BCUT2D eigenvalue weighted by atomic mass is 16.2. The van der Waals surface area contributed by atoms with E-state index in [4.69, 9.17) is 5.73 Å². The number of carbonyl (C=O) groups excluding carboxylic acids is 6. The molecule has 0 aromatic heterocycles. The van der Waals surface area contributed by atoms with E-state index in [1.165, 1.54) is 4.90 Å². The van der Waals surface area contributed by atoms with Crippen molar-refractivity contribution in [2.24, 2.45) is 40.2 Å². The van der Waals surface area contributed by atoms with Gasteiger partial charge in [-0.3, -0.25) is 24.0 Å². The van der Waals surface area contributed by atoms with Crippen molar-refractivity contribution in [3.8, 4) is 0 Å². The minimum atomic E-state index is -1.09. The van der Waals surface area contributed by atoms with E-state index in [-0.39, 0.29) is 29.1 Å². The summed E-state index contributed by atoms with van der Waals surface area (Å²) in [4.78, 5) is 81.0. The summed E-state index contributed by atoms with van der Waals surface area (Å²) in [5.41, 5.74) is 3.37. The lowest BCUT2D eigenvalue weighted by molar-refractivity contribution is -0.145. The summed E-state index contributed by atoms with van der Waals surface area (Å²) in [6.45, 7) is 10.6. The van der Waals surface area contributed by atoms with Crippen molar-refractivity contribution in [1.82, 2.24) is 26.2 Å². The number of piperidine rings is 1. The number of amides is 6. The van der Waals surface area contributed by atoms with Gasteiger partial charge in [-0.15, -0.1) is 0 Å². The Morgan fingerprint density at radius 2 is 1.53 bits per heavy atom. The average molecular weight is 629 g/mol. The van der Waals surface area contributed by atoms with Crippen LogP contribution in [0.25, 0.3) is 0 Å². The first-order valence-electron chi connectivity index (χ1n) is 16.9. The van der Waals surface area contributed by atoms with Gasteiger partial charge in [0.1, 0.15) is 17.6 Å². The first kappa shape index (κ1) is 33.2. The third-order valence-corrected chi connectivity index (χ3v) is 11.0. The Hall–Kier alpha value is -3.18. The SMILES string of the molecule is CC(C)(C)[C@H](NC(=O)NC1(C(=O)NCC2CC2)CCCCC1)C(=O)N1C[C@H]2[C@@H]([C@H]1C(=O)NC(CC1CC1)C(=O)C(N)=O)C2(C)C. The van der Waals surface area contributed by atoms with Gasteiger partial charge in [0.15, 0.2) is 0 Å². The Bertz CT molecular complexity index is 1230. The molecule has 0 radical (unpaired) electrons. The molecule has 0 bridgehead atoms. The van der Waals surface area contributed by atoms with E-state index >= 15 is 0 Å². The number of nitrogens with zero attached hydrogens (tertiary/aromatic N) is 1. The van der Waals surface area contributed by atoms with E-state index < -0.39 is 58.6 Å². The topological polar surface area (TPSA) is 180 Å². The molecule has 5 atom stereocenters. The third kappa shape index (κ3) is 7.14. The van der Waals surface area contributed by atoms with Crippen LogP contribution in [0, 0.1) is 34.5 Å². The first-order chi connectivity index (χ1) is 21.0. The Balaban J connectivity index is 1.32. The van der Waals surface area contributed by atoms with Gasteiger partial charge in [-0.05, 0) is 66.6 Å². The van der Waals surface area contributed by atoms with Gasteiger partial charge in [0.2, 0.25) is 23.5 Å². The lowest BCUT2D eigenvalue weighted by Gasteiger charge is -2.40. The van der Waals surface area contributed by atoms with Crippen molar-refractivity contribution in [3.63, 3.8) is 0 Å². The standard InChI is InChI=1S/C33H52N6O6/c1-31(2,3)25(37-30(45)38-33(13-7-6-8-14-33)29(44)35-16-19-11-12-19)28(43)39-17-20-22(32(20,4)5)23(39)27(42)36-21(15-18-9-10-18)24(40)26(34)41/h18-23,25H,6-17H2,1-5H3,(H2,34,41)(H,35,44)(H,36,42)(H2,37,38,45)/t20-,21?,22-,23-,25+/m0/s1. The van der Waals surface area contributed by atoms with Crippen molar-refractivity contribution in [2.45, 2.75) is 122 Å². The number of ketones is 1. The zero-order valence-electron chi connectivity index (χ0n) is 27.5. The molecule has 0 spiro atoms. The molecular formula is C33H52N6O6. The molecule has 45 heavy (non-hydrogen) atoms. The quantitative estimate of drug-likeness (QED) is 0.205. The molecule has 250 valence electrons. The Kier molecular flexibility index (Phi) is 9.00. The Morgan fingerprint density at radius 1 is 0.911 bits per heavy atom. The van der Waals surface area contributed by atoms with Gasteiger partial charge in [-0.1, -0.05) is 66.7 Å². The number of likely N-dealkylation sites (tertiary alicyclic amines) is 1. The molecule has 5 fully saturated rings.